The molecule has 1 N–H and O–H groups in total. The van der Waals surface area contributed by atoms with Crippen molar-refractivity contribution in [2.45, 2.75) is 57.9 Å². The van der Waals surface area contributed by atoms with Crippen LogP contribution >= 0.6 is 0 Å². The van der Waals surface area contributed by atoms with Gasteiger partial charge in [-0.15, -0.1) is 0 Å². The second-order valence-corrected chi connectivity index (χ2v) is 5.49. The van der Waals surface area contributed by atoms with E-state index < -0.39 is 0 Å². The van der Waals surface area contributed by atoms with Crippen molar-refractivity contribution in [2.75, 3.05) is 0 Å². The first-order valence-corrected chi connectivity index (χ1v) is 6.70. The lowest BCUT2D eigenvalue weighted by Gasteiger charge is -2.27. The highest BCUT2D eigenvalue weighted by atomic mass is 16.1. The molecular formula is C14H23NO. The van der Waals surface area contributed by atoms with Gasteiger partial charge in [-0.3, -0.25) is 4.79 Å². The Morgan fingerprint density at radius 2 is 2.00 bits per heavy atom. The van der Waals surface area contributed by atoms with Crippen molar-refractivity contribution in [3.63, 3.8) is 0 Å². The van der Waals surface area contributed by atoms with Crippen LogP contribution in [-0.4, -0.2) is 11.9 Å². The zero-order valence-corrected chi connectivity index (χ0v) is 10.2. The predicted molar refractivity (Wildman–Crippen MR) is 66.0 cm³/mol. The van der Waals surface area contributed by atoms with Gasteiger partial charge in [0.1, 0.15) is 0 Å². The number of amides is 1. The molecule has 0 heterocycles. The van der Waals surface area contributed by atoms with Crippen LogP contribution in [0, 0.1) is 11.8 Å². The predicted octanol–water partition coefficient (Wildman–Crippen LogP) is 3.04. The Hall–Kier alpha value is -0.790. The highest BCUT2D eigenvalue weighted by Gasteiger charge is 2.21. The highest BCUT2D eigenvalue weighted by Crippen LogP contribution is 2.24. The monoisotopic (exact) mass is 221 g/mol. The summed E-state index contributed by atoms with van der Waals surface area (Å²) in [5.41, 5.74) is 0. The van der Waals surface area contributed by atoms with Crippen LogP contribution in [-0.2, 0) is 4.79 Å². The molecule has 1 unspecified atom stereocenters. The summed E-state index contributed by atoms with van der Waals surface area (Å²) in [7, 11) is 0. The molecule has 0 spiro atoms. The summed E-state index contributed by atoms with van der Waals surface area (Å²) in [6, 6.07) is 0.453. The molecule has 2 nitrogen and oxygen atoms in total. The maximum absolute atomic E-state index is 11.8. The Morgan fingerprint density at radius 1 is 1.25 bits per heavy atom. The molecule has 1 saturated carbocycles. The minimum Gasteiger partial charge on any atom is -0.353 e. The van der Waals surface area contributed by atoms with E-state index in [9.17, 15) is 4.79 Å². The molecule has 0 bridgehead atoms. The van der Waals surface area contributed by atoms with E-state index in [1.807, 2.05) is 0 Å². The molecular weight excluding hydrogens is 198 g/mol. The van der Waals surface area contributed by atoms with Crippen LogP contribution in [0.3, 0.4) is 0 Å². The van der Waals surface area contributed by atoms with Crippen LogP contribution in [0.4, 0.5) is 0 Å². The molecule has 0 aromatic carbocycles. The fourth-order valence-electron chi connectivity index (χ4n) is 2.79. The quantitative estimate of drug-likeness (QED) is 0.729. The number of rotatable bonds is 3. The molecule has 0 saturated heterocycles. The summed E-state index contributed by atoms with van der Waals surface area (Å²) in [4.78, 5) is 11.8. The van der Waals surface area contributed by atoms with Crippen LogP contribution in [0.2, 0.25) is 0 Å². The zero-order valence-electron chi connectivity index (χ0n) is 10.2. The van der Waals surface area contributed by atoms with Crippen LogP contribution in [0.25, 0.3) is 0 Å². The van der Waals surface area contributed by atoms with Gasteiger partial charge >= 0.3 is 0 Å². The fraction of sp³-hybridized carbons (Fsp3) is 0.786. The number of hydrogen-bond acceptors (Lipinski definition) is 1. The summed E-state index contributed by atoms with van der Waals surface area (Å²) >= 11 is 0. The number of carbonyl (C=O) groups is 1. The van der Waals surface area contributed by atoms with Gasteiger partial charge in [0.2, 0.25) is 5.91 Å². The van der Waals surface area contributed by atoms with Gasteiger partial charge < -0.3 is 5.32 Å². The Kier molecular flexibility index (Phi) is 4.03. The van der Waals surface area contributed by atoms with E-state index in [2.05, 4.69) is 24.4 Å². The lowest BCUT2D eigenvalue weighted by molar-refractivity contribution is -0.122. The first-order chi connectivity index (χ1) is 7.74. The van der Waals surface area contributed by atoms with E-state index >= 15 is 0 Å². The van der Waals surface area contributed by atoms with Crippen molar-refractivity contribution in [3.8, 4) is 0 Å². The molecule has 0 aliphatic heterocycles. The number of carbonyl (C=O) groups excluding carboxylic acids is 1. The average molecular weight is 221 g/mol. The number of nitrogens with one attached hydrogen (secondary N) is 1. The molecule has 2 rings (SSSR count). The average Bonchev–Trinajstić information content (AvgIpc) is 2.74. The molecule has 90 valence electrons. The Balaban J connectivity index is 1.68. The molecule has 2 aliphatic rings. The van der Waals surface area contributed by atoms with Gasteiger partial charge in [0.05, 0.1) is 0 Å². The molecule has 16 heavy (non-hydrogen) atoms. The second-order valence-electron chi connectivity index (χ2n) is 5.49. The van der Waals surface area contributed by atoms with Crippen molar-refractivity contribution in [1.82, 2.24) is 5.32 Å². The summed E-state index contributed by atoms with van der Waals surface area (Å²) in [5.74, 6) is 1.62. The van der Waals surface area contributed by atoms with E-state index in [1.54, 1.807) is 0 Å². The molecule has 0 radical (unpaired) electrons. The number of allylic oxidation sites excluding steroid dienone is 2. The molecule has 1 amide bonds. The Labute approximate surface area is 98.5 Å². The molecule has 2 heteroatoms. The molecule has 1 fully saturated rings. The smallest absolute Gasteiger partial charge is 0.220 e. The maximum atomic E-state index is 11.8. The minimum absolute atomic E-state index is 0.260. The van der Waals surface area contributed by atoms with Gasteiger partial charge in [-0.2, -0.15) is 0 Å². The molecule has 1 atom stereocenters. The first kappa shape index (κ1) is 11.7. The van der Waals surface area contributed by atoms with Crippen LogP contribution in [0.5, 0.6) is 0 Å². The summed E-state index contributed by atoms with van der Waals surface area (Å²) in [6.07, 6.45) is 12.3. The van der Waals surface area contributed by atoms with Crippen molar-refractivity contribution in [3.05, 3.63) is 12.2 Å². The highest BCUT2D eigenvalue weighted by molar-refractivity contribution is 5.76. The van der Waals surface area contributed by atoms with E-state index in [1.165, 1.54) is 25.7 Å². The third-order valence-corrected chi connectivity index (χ3v) is 3.94. The van der Waals surface area contributed by atoms with Gasteiger partial charge in [-0.25, -0.2) is 0 Å². The van der Waals surface area contributed by atoms with Crippen LogP contribution in [0.1, 0.15) is 51.9 Å². The van der Waals surface area contributed by atoms with E-state index in [4.69, 9.17) is 0 Å². The second kappa shape index (κ2) is 5.51. The van der Waals surface area contributed by atoms with Crippen molar-refractivity contribution in [1.29, 1.82) is 0 Å². The third kappa shape index (κ3) is 3.36. The standard InChI is InChI=1S/C14H23NO/c1-11-6-8-13(9-7-11)15-14(16)10-12-4-2-3-5-12/h2,4,11-13H,3,5-10H2,1H3,(H,15,16). The fourth-order valence-corrected chi connectivity index (χ4v) is 2.79. The maximum Gasteiger partial charge on any atom is 0.220 e. The van der Waals surface area contributed by atoms with E-state index in [-0.39, 0.29) is 5.91 Å². The van der Waals surface area contributed by atoms with Gasteiger partial charge in [0.15, 0.2) is 0 Å². The zero-order chi connectivity index (χ0) is 11.4. The number of hydrogen-bond donors (Lipinski definition) is 1. The van der Waals surface area contributed by atoms with E-state index in [0.717, 1.165) is 18.8 Å². The minimum atomic E-state index is 0.260. The lowest BCUT2D eigenvalue weighted by Crippen LogP contribution is -2.37. The van der Waals surface area contributed by atoms with Gasteiger partial charge in [0.25, 0.3) is 0 Å². The Morgan fingerprint density at radius 3 is 2.62 bits per heavy atom. The van der Waals surface area contributed by atoms with Crippen LogP contribution < -0.4 is 5.32 Å². The first-order valence-electron chi connectivity index (χ1n) is 6.70. The summed E-state index contributed by atoms with van der Waals surface area (Å²) < 4.78 is 0. The van der Waals surface area contributed by atoms with Gasteiger partial charge in [-0.1, -0.05) is 19.1 Å². The summed E-state index contributed by atoms with van der Waals surface area (Å²) in [5, 5.41) is 3.19. The van der Waals surface area contributed by atoms with Gasteiger partial charge in [0, 0.05) is 12.5 Å². The Bertz CT molecular complexity index is 264. The van der Waals surface area contributed by atoms with E-state index in [0.29, 0.717) is 18.4 Å². The lowest BCUT2D eigenvalue weighted by atomic mass is 9.87. The van der Waals surface area contributed by atoms with Crippen LogP contribution in [0.15, 0.2) is 12.2 Å². The molecule has 2 aliphatic carbocycles. The molecule has 0 aromatic rings. The van der Waals surface area contributed by atoms with Crippen molar-refractivity contribution >= 4 is 5.91 Å². The van der Waals surface area contributed by atoms with Gasteiger partial charge in [-0.05, 0) is 50.4 Å². The largest absolute Gasteiger partial charge is 0.353 e. The van der Waals surface area contributed by atoms with Crippen molar-refractivity contribution < 1.29 is 4.79 Å². The molecule has 0 aromatic heterocycles. The van der Waals surface area contributed by atoms with Crippen molar-refractivity contribution in [2.24, 2.45) is 11.8 Å². The topological polar surface area (TPSA) is 29.1 Å². The normalized spacial score (nSPS) is 33.9. The SMILES string of the molecule is CC1CCC(NC(=O)CC2C=CCC2)CC1. The summed E-state index contributed by atoms with van der Waals surface area (Å²) in [6.45, 7) is 2.31. The third-order valence-electron chi connectivity index (χ3n) is 3.94.